The van der Waals surface area contributed by atoms with Gasteiger partial charge in [-0.25, -0.2) is 9.98 Å². The normalized spacial score (nSPS) is 11.1. The number of unbranched alkanes of at least 4 members (excludes halogenated alkanes) is 2. The number of nitrogens with zero attached hydrogens (tertiary/aromatic N) is 2. The maximum absolute atomic E-state index is 11.8. The zero-order valence-corrected chi connectivity index (χ0v) is 14.7. The van der Waals surface area contributed by atoms with Crippen molar-refractivity contribution in [3.63, 3.8) is 0 Å². The fourth-order valence-corrected chi connectivity index (χ4v) is 2.65. The van der Waals surface area contributed by atoms with Crippen LogP contribution in [0.3, 0.4) is 0 Å². The largest absolute Gasteiger partial charge is 0.465 e. The Bertz CT molecular complexity index is 510. The van der Waals surface area contributed by atoms with Crippen molar-refractivity contribution in [2.75, 3.05) is 13.2 Å². The van der Waals surface area contributed by atoms with Gasteiger partial charge in [-0.05, 0) is 26.7 Å². The Morgan fingerprint density at radius 2 is 1.87 bits per heavy atom. The molecule has 0 spiro atoms. The molecular weight excluding hydrogens is 316 g/mol. The van der Waals surface area contributed by atoms with Gasteiger partial charge in [0, 0.05) is 17.3 Å². The second-order valence-electron chi connectivity index (χ2n) is 4.83. The zero-order chi connectivity index (χ0) is 17.1. The highest BCUT2D eigenvalue weighted by Gasteiger charge is 2.27. The Balaban J connectivity index is 2.72. The second-order valence-corrected chi connectivity index (χ2v) is 5.92. The number of aliphatic imine (C=N–C) groups is 1. The molecule has 0 aliphatic carbocycles. The lowest BCUT2D eigenvalue weighted by atomic mass is 10.2. The Kier molecular flexibility index (Phi) is 9.12. The third-order valence-corrected chi connectivity index (χ3v) is 3.95. The highest BCUT2D eigenvalue weighted by Crippen LogP contribution is 2.23. The molecule has 0 aliphatic rings. The highest BCUT2D eigenvalue weighted by atomic mass is 32.1. The third kappa shape index (κ3) is 6.90. The molecule has 1 heterocycles. The number of ether oxygens (including phenoxy) is 2. The summed E-state index contributed by atoms with van der Waals surface area (Å²) in [4.78, 5) is 33.1. The number of aromatic nitrogens is 1. The van der Waals surface area contributed by atoms with E-state index in [4.69, 9.17) is 9.47 Å². The smallest absolute Gasteiger partial charge is 0.325 e. The molecule has 6 nitrogen and oxygen atoms in total. The number of esters is 2. The zero-order valence-electron chi connectivity index (χ0n) is 13.9. The van der Waals surface area contributed by atoms with Crippen LogP contribution in [0.1, 0.15) is 44.9 Å². The van der Waals surface area contributed by atoms with Gasteiger partial charge in [-0.1, -0.05) is 31.1 Å². The van der Waals surface area contributed by atoms with Gasteiger partial charge in [0.2, 0.25) is 5.13 Å². The molecule has 0 atom stereocenters. The fourth-order valence-electron chi connectivity index (χ4n) is 1.84. The van der Waals surface area contributed by atoms with E-state index < -0.39 is 17.9 Å². The molecule has 0 amide bonds. The Hall–Kier alpha value is -1.76. The van der Waals surface area contributed by atoms with Crippen molar-refractivity contribution in [2.45, 2.75) is 46.5 Å². The maximum atomic E-state index is 11.8. The number of thiazole rings is 1. The van der Waals surface area contributed by atoms with Crippen LogP contribution in [0.4, 0.5) is 5.13 Å². The molecule has 1 aromatic rings. The highest BCUT2D eigenvalue weighted by molar-refractivity contribution is 7.15. The third-order valence-electron chi connectivity index (χ3n) is 2.98. The lowest BCUT2D eigenvalue weighted by molar-refractivity contribution is -0.157. The molecule has 1 rings (SSSR count). The monoisotopic (exact) mass is 340 g/mol. The first-order valence-electron chi connectivity index (χ1n) is 7.94. The minimum absolute atomic E-state index is 0.196. The summed E-state index contributed by atoms with van der Waals surface area (Å²) < 4.78 is 9.77. The summed E-state index contributed by atoms with van der Waals surface area (Å²) in [6.45, 7) is 5.91. The van der Waals surface area contributed by atoms with E-state index in [0.717, 1.165) is 17.7 Å². The molecule has 0 N–H and O–H groups in total. The molecule has 0 aliphatic heterocycles. The van der Waals surface area contributed by atoms with E-state index in [-0.39, 0.29) is 13.2 Å². The van der Waals surface area contributed by atoms with Gasteiger partial charge in [0.05, 0.1) is 13.2 Å². The average molecular weight is 340 g/mol. The summed E-state index contributed by atoms with van der Waals surface area (Å²) in [5.74, 6) is -2.47. The minimum atomic E-state index is -1.15. The van der Waals surface area contributed by atoms with Gasteiger partial charge in [-0.3, -0.25) is 9.59 Å². The molecule has 0 radical (unpaired) electrons. The van der Waals surface area contributed by atoms with E-state index in [9.17, 15) is 9.59 Å². The maximum Gasteiger partial charge on any atom is 0.325 e. The molecule has 0 aromatic carbocycles. The number of hydrogen-bond donors (Lipinski definition) is 0. The summed E-state index contributed by atoms with van der Waals surface area (Å²) >= 11 is 1.46. The number of aryl methyl sites for hydroxylation is 1. The SMILES string of the molecule is CCCCCc1cnc(N=CC(C(=O)OCC)C(=O)OCC)s1. The average Bonchev–Trinajstić information content (AvgIpc) is 2.96. The number of rotatable bonds is 10. The quantitative estimate of drug-likeness (QED) is 0.282. The Morgan fingerprint density at radius 3 is 2.43 bits per heavy atom. The van der Waals surface area contributed by atoms with Crippen molar-refractivity contribution in [3.8, 4) is 0 Å². The van der Waals surface area contributed by atoms with Gasteiger partial charge in [0.25, 0.3) is 0 Å². The van der Waals surface area contributed by atoms with E-state index in [1.807, 2.05) is 0 Å². The van der Waals surface area contributed by atoms with E-state index in [0.29, 0.717) is 5.13 Å². The first-order valence-corrected chi connectivity index (χ1v) is 8.76. The molecule has 1 aromatic heterocycles. The summed E-state index contributed by atoms with van der Waals surface area (Å²) in [7, 11) is 0. The number of hydrogen-bond acceptors (Lipinski definition) is 7. The topological polar surface area (TPSA) is 77.9 Å². The molecule has 7 heteroatoms. The lowest BCUT2D eigenvalue weighted by Crippen LogP contribution is -2.29. The van der Waals surface area contributed by atoms with Gasteiger partial charge in [0.1, 0.15) is 0 Å². The van der Waals surface area contributed by atoms with Gasteiger partial charge < -0.3 is 9.47 Å². The molecule has 128 valence electrons. The van der Waals surface area contributed by atoms with Gasteiger partial charge in [0.15, 0.2) is 5.92 Å². The summed E-state index contributed by atoms with van der Waals surface area (Å²) in [5, 5.41) is 0.523. The van der Waals surface area contributed by atoms with E-state index in [1.165, 1.54) is 30.4 Å². The summed E-state index contributed by atoms with van der Waals surface area (Å²) in [6.07, 6.45) is 7.49. The van der Waals surface area contributed by atoms with E-state index in [2.05, 4.69) is 16.9 Å². The summed E-state index contributed by atoms with van der Waals surface area (Å²) in [6, 6.07) is 0. The van der Waals surface area contributed by atoms with Crippen LogP contribution in [-0.4, -0.2) is 36.4 Å². The van der Waals surface area contributed by atoms with Crippen LogP contribution in [0.5, 0.6) is 0 Å². The Labute approximate surface area is 140 Å². The molecule has 0 unspecified atom stereocenters. The van der Waals surface area contributed by atoms with Crippen LogP contribution in [0.25, 0.3) is 0 Å². The predicted octanol–water partition coefficient (Wildman–Crippen LogP) is 3.32. The predicted molar refractivity (Wildman–Crippen MR) is 90.3 cm³/mol. The number of carbonyl (C=O) groups is 2. The van der Waals surface area contributed by atoms with Crippen molar-refractivity contribution in [2.24, 2.45) is 10.9 Å². The standard InChI is InChI=1S/C16H24N2O4S/c1-4-7-8-9-12-10-17-16(23-12)18-11-13(14(19)21-5-2)15(20)22-6-3/h10-11,13H,4-9H2,1-3H3. The van der Waals surface area contributed by atoms with Crippen LogP contribution in [0.2, 0.25) is 0 Å². The summed E-state index contributed by atoms with van der Waals surface area (Å²) in [5.41, 5.74) is 0. The molecule has 0 saturated heterocycles. The van der Waals surface area contributed by atoms with E-state index in [1.54, 1.807) is 20.0 Å². The van der Waals surface area contributed by atoms with Crippen LogP contribution in [0, 0.1) is 5.92 Å². The lowest BCUT2D eigenvalue weighted by Gasteiger charge is -2.09. The minimum Gasteiger partial charge on any atom is -0.465 e. The van der Waals surface area contributed by atoms with Crippen LogP contribution in [0.15, 0.2) is 11.2 Å². The van der Waals surface area contributed by atoms with Crippen LogP contribution < -0.4 is 0 Å². The molecule has 0 fully saturated rings. The fraction of sp³-hybridized carbons (Fsp3) is 0.625. The Morgan fingerprint density at radius 1 is 1.22 bits per heavy atom. The van der Waals surface area contributed by atoms with Crippen molar-refractivity contribution < 1.29 is 19.1 Å². The van der Waals surface area contributed by atoms with Gasteiger partial charge in [-0.2, -0.15) is 0 Å². The van der Waals surface area contributed by atoms with Crippen molar-refractivity contribution >= 4 is 34.6 Å². The first kappa shape index (κ1) is 19.3. The van der Waals surface area contributed by atoms with Crippen molar-refractivity contribution in [1.82, 2.24) is 4.98 Å². The molecular formula is C16H24N2O4S. The van der Waals surface area contributed by atoms with Crippen LogP contribution >= 0.6 is 11.3 Å². The molecule has 0 bridgehead atoms. The first-order chi connectivity index (χ1) is 11.1. The second kappa shape index (κ2) is 10.9. The van der Waals surface area contributed by atoms with Crippen LogP contribution in [-0.2, 0) is 25.5 Å². The van der Waals surface area contributed by atoms with Gasteiger partial charge >= 0.3 is 11.9 Å². The number of carbonyl (C=O) groups excluding carboxylic acids is 2. The van der Waals surface area contributed by atoms with Crippen molar-refractivity contribution in [3.05, 3.63) is 11.1 Å². The molecule has 23 heavy (non-hydrogen) atoms. The van der Waals surface area contributed by atoms with E-state index >= 15 is 0 Å². The van der Waals surface area contributed by atoms with Crippen molar-refractivity contribution in [1.29, 1.82) is 0 Å². The molecule has 0 saturated carbocycles. The van der Waals surface area contributed by atoms with Gasteiger partial charge in [-0.15, -0.1) is 0 Å².